The number of ether oxygens (including phenoxy) is 1. The van der Waals surface area contributed by atoms with Crippen molar-refractivity contribution >= 4 is 17.7 Å². The molecular formula is C15H20O2S. The van der Waals surface area contributed by atoms with E-state index in [1.807, 2.05) is 57.2 Å². The molecule has 0 aliphatic heterocycles. The minimum atomic E-state index is -0.313. The van der Waals surface area contributed by atoms with E-state index in [2.05, 4.69) is 6.58 Å². The smallest absolute Gasteiger partial charge is 0.320 e. The van der Waals surface area contributed by atoms with Crippen LogP contribution in [0.5, 0.6) is 0 Å². The highest BCUT2D eigenvalue weighted by molar-refractivity contribution is 8.00. The van der Waals surface area contributed by atoms with Crippen LogP contribution in [-0.4, -0.2) is 17.8 Å². The molecule has 0 saturated heterocycles. The Labute approximate surface area is 113 Å². The SMILES string of the molecule is C=CC(C)(C)C(Sc1ccccc1)C(=O)OCC. The zero-order valence-electron chi connectivity index (χ0n) is 11.2. The van der Waals surface area contributed by atoms with Gasteiger partial charge in [0.25, 0.3) is 0 Å². The van der Waals surface area contributed by atoms with Crippen molar-refractivity contribution in [3.8, 4) is 0 Å². The van der Waals surface area contributed by atoms with Crippen LogP contribution in [0, 0.1) is 5.41 Å². The second-order valence-electron chi connectivity index (χ2n) is 4.59. The number of carbonyl (C=O) groups is 1. The molecule has 0 fully saturated rings. The average Bonchev–Trinajstić information content (AvgIpc) is 2.37. The Kier molecular flexibility index (Phi) is 5.48. The molecule has 18 heavy (non-hydrogen) atoms. The van der Waals surface area contributed by atoms with Gasteiger partial charge in [-0.2, -0.15) is 0 Å². The number of thioether (sulfide) groups is 1. The first-order chi connectivity index (χ1) is 8.51. The number of rotatable bonds is 6. The maximum absolute atomic E-state index is 12.1. The second kappa shape index (κ2) is 6.64. The lowest BCUT2D eigenvalue weighted by molar-refractivity contribution is -0.144. The highest BCUT2D eigenvalue weighted by atomic mass is 32.2. The summed E-state index contributed by atoms with van der Waals surface area (Å²) in [6.07, 6.45) is 1.81. The van der Waals surface area contributed by atoms with Crippen molar-refractivity contribution in [1.29, 1.82) is 0 Å². The van der Waals surface area contributed by atoms with E-state index in [0.29, 0.717) is 6.61 Å². The van der Waals surface area contributed by atoms with Crippen molar-refractivity contribution in [3.05, 3.63) is 43.0 Å². The first-order valence-corrected chi connectivity index (χ1v) is 6.91. The summed E-state index contributed by atoms with van der Waals surface area (Å²) in [5.41, 5.74) is -0.313. The van der Waals surface area contributed by atoms with Crippen LogP contribution in [0.15, 0.2) is 47.9 Å². The summed E-state index contributed by atoms with van der Waals surface area (Å²) in [5, 5.41) is -0.280. The maximum atomic E-state index is 12.1. The molecule has 0 aliphatic rings. The van der Waals surface area contributed by atoms with E-state index in [9.17, 15) is 4.79 Å². The monoisotopic (exact) mass is 264 g/mol. The van der Waals surface area contributed by atoms with Crippen molar-refractivity contribution in [2.45, 2.75) is 30.9 Å². The van der Waals surface area contributed by atoms with E-state index in [4.69, 9.17) is 4.74 Å². The number of allylic oxidation sites excluding steroid dienone is 1. The molecule has 0 saturated carbocycles. The third-order valence-corrected chi connectivity index (χ3v) is 4.28. The lowest BCUT2D eigenvalue weighted by atomic mass is 9.89. The molecule has 98 valence electrons. The van der Waals surface area contributed by atoms with E-state index in [1.54, 1.807) is 0 Å². The fraction of sp³-hybridized carbons (Fsp3) is 0.400. The van der Waals surface area contributed by atoms with Gasteiger partial charge in [0.15, 0.2) is 0 Å². The van der Waals surface area contributed by atoms with E-state index in [1.165, 1.54) is 11.8 Å². The minimum absolute atomic E-state index is 0.184. The molecule has 1 rings (SSSR count). The van der Waals surface area contributed by atoms with Gasteiger partial charge in [-0.25, -0.2) is 0 Å². The van der Waals surface area contributed by atoms with E-state index in [0.717, 1.165) is 4.90 Å². The van der Waals surface area contributed by atoms with Crippen LogP contribution in [0.25, 0.3) is 0 Å². The molecule has 0 aliphatic carbocycles. The summed E-state index contributed by atoms with van der Waals surface area (Å²) in [4.78, 5) is 13.1. The zero-order valence-corrected chi connectivity index (χ0v) is 12.0. The Morgan fingerprint density at radius 2 is 2.06 bits per heavy atom. The molecular weight excluding hydrogens is 244 g/mol. The Bertz CT molecular complexity index is 398. The molecule has 1 aromatic rings. The lowest BCUT2D eigenvalue weighted by Gasteiger charge is -2.29. The van der Waals surface area contributed by atoms with E-state index >= 15 is 0 Å². The highest BCUT2D eigenvalue weighted by Crippen LogP contribution is 2.37. The quantitative estimate of drug-likeness (QED) is 0.442. The van der Waals surface area contributed by atoms with Crippen molar-refractivity contribution in [1.82, 2.24) is 0 Å². The van der Waals surface area contributed by atoms with Crippen molar-refractivity contribution in [2.24, 2.45) is 5.41 Å². The van der Waals surface area contributed by atoms with Crippen LogP contribution in [0.1, 0.15) is 20.8 Å². The third-order valence-electron chi connectivity index (χ3n) is 2.70. The highest BCUT2D eigenvalue weighted by Gasteiger charge is 2.34. The predicted molar refractivity (Wildman–Crippen MR) is 76.7 cm³/mol. The molecule has 0 amide bonds. The molecule has 0 aromatic heterocycles. The van der Waals surface area contributed by atoms with Gasteiger partial charge in [-0.1, -0.05) is 38.1 Å². The zero-order chi connectivity index (χ0) is 13.6. The summed E-state index contributed by atoms with van der Waals surface area (Å²) >= 11 is 1.52. The van der Waals surface area contributed by atoms with Crippen LogP contribution in [0.4, 0.5) is 0 Å². The number of hydrogen-bond donors (Lipinski definition) is 0. The van der Waals surface area contributed by atoms with Crippen molar-refractivity contribution < 1.29 is 9.53 Å². The van der Waals surface area contributed by atoms with Gasteiger partial charge in [-0.3, -0.25) is 4.79 Å². The number of esters is 1. The van der Waals surface area contributed by atoms with Gasteiger partial charge in [-0.05, 0) is 19.1 Å². The molecule has 1 aromatic carbocycles. The summed E-state index contributed by atoms with van der Waals surface area (Å²) in [7, 11) is 0. The first-order valence-electron chi connectivity index (χ1n) is 6.03. The Morgan fingerprint density at radius 3 is 2.56 bits per heavy atom. The molecule has 0 N–H and O–H groups in total. The number of hydrogen-bond acceptors (Lipinski definition) is 3. The van der Waals surface area contributed by atoms with Gasteiger partial charge < -0.3 is 4.74 Å². The fourth-order valence-corrected chi connectivity index (χ4v) is 2.61. The van der Waals surface area contributed by atoms with Crippen molar-refractivity contribution in [2.75, 3.05) is 6.61 Å². The Morgan fingerprint density at radius 1 is 1.44 bits per heavy atom. The third kappa shape index (κ3) is 3.91. The Hall–Kier alpha value is -1.22. The van der Waals surface area contributed by atoms with E-state index < -0.39 is 0 Å². The van der Waals surface area contributed by atoms with E-state index in [-0.39, 0.29) is 16.6 Å². The fourth-order valence-electron chi connectivity index (χ4n) is 1.46. The molecule has 3 heteroatoms. The largest absolute Gasteiger partial charge is 0.465 e. The van der Waals surface area contributed by atoms with Crippen LogP contribution in [0.3, 0.4) is 0 Å². The summed E-state index contributed by atoms with van der Waals surface area (Å²) < 4.78 is 5.16. The molecule has 0 heterocycles. The number of carbonyl (C=O) groups excluding carboxylic acids is 1. The van der Waals surface area contributed by atoms with Gasteiger partial charge in [0, 0.05) is 10.3 Å². The van der Waals surface area contributed by atoms with Gasteiger partial charge in [0.1, 0.15) is 5.25 Å². The topological polar surface area (TPSA) is 26.3 Å². The van der Waals surface area contributed by atoms with Crippen LogP contribution >= 0.6 is 11.8 Å². The lowest BCUT2D eigenvalue weighted by Crippen LogP contribution is -2.33. The minimum Gasteiger partial charge on any atom is -0.465 e. The van der Waals surface area contributed by atoms with Crippen LogP contribution in [0.2, 0.25) is 0 Å². The van der Waals surface area contributed by atoms with Gasteiger partial charge >= 0.3 is 5.97 Å². The van der Waals surface area contributed by atoms with Crippen LogP contribution < -0.4 is 0 Å². The number of benzene rings is 1. The Balaban J connectivity index is 2.91. The first kappa shape index (κ1) is 14.8. The standard InChI is InChI=1S/C15H20O2S/c1-5-15(3,4)13(14(16)17-6-2)18-12-10-8-7-9-11-12/h5,7-11,13H,1,6H2,2-4H3. The maximum Gasteiger partial charge on any atom is 0.320 e. The van der Waals surface area contributed by atoms with Crippen molar-refractivity contribution in [3.63, 3.8) is 0 Å². The molecule has 1 unspecified atom stereocenters. The molecule has 0 bridgehead atoms. The molecule has 2 nitrogen and oxygen atoms in total. The molecule has 0 spiro atoms. The molecule has 0 radical (unpaired) electrons. The van der Waals surface area contributed by atoms with Gasteiger partial charge in [0.05, 0.1) is 6.61 Å². The summed E-state index contributed by atoms with van der Waals surface area (Å²) in [5.74, 6) is -0.184. The molecule has 1 atom stereocenters. The van der Waals surface area contributed by atoms with Gasteiger partial charge in [-0.15, -0.1) is 18.3 Å². The summed E-state index contributed by atoms with van der Waals surface area (Å²) in [6.45, 7) is 10.0. The average molecular weight is 264 g/mol. The summed E-state index contributed by atoms with van der Waals surface area (Å²) in [6, 6.07) is 9.88. The van der Waals surface area contributed by atoms with Crippen LogP contribution in [-0.2, 0) is 9.53 Å². The predicted octanol–water partition coefficient (Wildman–Crippen LogP) is 3.92. The second-order valence-corrected chi connectivity index (χ2v) is 5.77. The van der Waals surface area contributed by atoms with Gasteiger partial charge in [0.2, 0.25) is 0 Å². The normalized spacial score (nSPS) is 12.8.